The topological polar surface area (TPSA) is 118 Å². The molecule has 1 aliphatic rings. The van der Waals surface area contributed by atoms with Gasteiger partial charge in [0.05, 0.1) is 18.4 Å². The van der Waals surface area contributed by atoms with Crippen LogP contribution in [-0.2, 0) is 9.53 Å². The summed E-state index contributed by atoms with van der Waals surface area (Å²) in [6.45, 7) is 5.56. The molecule has 28 heavy (non-hydrogen) atoms. The average molecular weight is 386 g/mol. The Hall–Kier alpha value is -2.70. The highest BCUT2D eigenvalue weighted by Gasteiger charge is 2.29. The number of hydrogen-bond donors (Lipinski definition) is 3. The number of nitrogens with one attached hydrogen (secondary N) is 2. The summed E-state index contributed by atoms with van der Waals surface area (Å²) in [5.41, 5.74) is 7.01. The van der Waals surface area contributed by atoms with Crippen molar-refractivity contribution < 1.29 is 14.3 Å². The van der Waals surface area contributed by atoms with Gasteiger partial charge in [-0.05, 0) is 49.7 Å². The fourth-order valence-electron chi connectivity index (χ4n) is 3.70. The van der Waals surface area contributed by atoms with E-state index in [1.54, 1.807) is 6.08 Å². The number of carbonyl (C=O) groups is 2. The zero-order valence-electron chi connectivity index (χ0n) is 16.7. The summed E-state index contributed by atoms with van der Waals surface area (Å²) in [5, 5.41) is 10.5. The minimum Gasteiger partial charge on any atom is -0.465 e. The van der Waals surface area contributed by atoms with Crippen molar-refractivity contribution in [2.24, 2.45) is 17.8 Å². The van der Waals surface area contributed by atoms with E-state index in [1.165, 1.54) is 19.4 Å². The molecule has 1 atom stereocenters. The molecule has 0 bridgehead atoms. The van der Waals surface area contributed by atoms with Crippen molar-refractivity contribution in [1.29, 1.82) is 5.41 Å². The third-order valence-electron chi connectivity index (χ3n) is 5.68. The Morgan fingerprint density at radius 2 is 2.11 bits per heavy atom. The van der Waals surface area contributed by atoms with Crippen LogP contribution in [0.25, 0.3) is 0 Å². The van der Waals surface area contributed by atoms with E-state index in [0.29, 0.717) is 23.2 Å². The van der Waals surface area contributed by atoms with Crippen molar-refractivity contribution in [3.05, 3.63) is 30.5 Å². The van der Waals surface area contributed by atoms with E-state index >= 15 is 0 Å². The average Bonchev–Trinajstić information content (AvgIpc) is 2.72. The number of nitrogens with two attached hydrogens (primary N) is 1. The van der Waals surface area contributed by atoms with Crippen LogP contribution in [0.2, 0.25) is 0 Å². The van der Waals surface area contributed by atoms with Gasteiger partial charge < -0.3 is 21.2 Å². The predicted molar refractivity (Wildman–Crippen MR) is 110 cm³/mol. The zero-order chi connectivity index (χ0) is 20.7. The first-order valence-electron chi connectivity index (χ1n) is 9.70. The summed E-state index contributed by atoms with van der Waals surface area (Å²) < 4.78 is 4.68. The Balaban J connectivity index is 1.91. The molecule has 1 aromatic heterocycles. The molecule has 152 valence electrons. The quantitative estimate of drug-likeness (QED) is 0.464. The molecule has 0 spiro atoms. The second-order valence-electron chi connectivity index (χ2n) is 7.48. The number of nitrogens with zero attached hydrogens (tertiary/aromatic N) is 1. The molecule has 4 N–H and O–H groups in total. The maximum absolute atomic E-state index is 12.7. The molecular formula is C21H30N4O3. The molecule has 0 unspecified atom stereocenters. The number of allylic oxidation sites excluding steroid dienone is 1. The first kappa shape index (κ1) is 21.6. The van der Waals surface area contributed by atoms with Crippen molar-refractivity contribution in [3.8, 4) is 0 Å². The lowest BCUT2D eigenvalue weighted by Gasteiger charge is -2.31. The molecule has 1 aromatic rings. The Kier molecular flexibility index (Phi) is 7.72. The molecule has 0 radical (unpaired) electrons. The number of pyridine rings is 1. The first-order chi connectivity index (χ1) is 13.3. The molecule has 1 amide bonds. The number of rotatable bonds is 8. The van der Waals surface area contributed by atoms with Gasteiger partial charge in [-0.15, -0.1) is 0 Å². The molecule has 0 saturated heterocycles. The monoisotopic (exact) mass is 386 g/mol. The normalized spacial score (nSPS) is 20.1. The molecule has 0 aliphatic heterocycles. The SMILES string of the molecule is C=CC(=N)CC[C@H]1CC[C@@H]([C@@H](C)C(=O)Nc2cc(C(=O)OC)cnc2N)CC1. The van der Waals surface area contributed by atoms with E-state index in [9.17, 15) is 9.59 Å². The fraction of sp³-hybridized carbons (Fsp3) is 0.524. The highest BCUT2D eigenvalue weighted by molar-refractivity contribution is 5.97. The van der Waals surface area contributed by atoms with Crippen LogP contribution in [0.3, 0.4) is 0 Å². The molecule has 1 heterocycles. The Bertz CT molecular complexity index is 739. The summed E-state index contributed by atoms with van der Waals surface area (Å²) in [6, 6.07) is 1.49. The minimum atomic E-state index is -0.529. The van der Waals surface area contributed by atoms with Gasteiger partial charge in [0.1, 0.15) is 5.82 Å². The van der Waals surface area contributed by atoms with Gasteiger partial charge in [0.25, 0.3) is 0 Å². The van der Waals surface area contributed by atoms with Crippen LogP contribution in [0.15, 0.2) is 24.9 Å². The lowest BCUT2D eigenvalue weighted by molar-refractivity contribution is -0.121. The third kappa shape index (κ3) is 5.65. The Morgan fingerprint density at radius 1 is 1.43 bits per heavy atom. The third-order valence-corrected chi connectivity index (χ3v) is 5.68. The predicted octanol–water partition coefficient (Wildman–Crippen LogP) is 3.82. The Morgan fingerprint density at radius 3 is 2.71 bits per heavy atom. The highest BCUT2D eigenvalue weighted by Crippen LogP contribution is 2.36. The van der Waals surface area contributed by atoms with Gasteiger partial charge in [-0.1, -0.05) is 26.3 Å². The molecule has 1 aliphatic carbocycles. The van der Waals surface area contributed by atoms with Crippen LogP contribution in [0.5, 0.6) is 0 Å². The second kappa shape index (κ2) is 10.0. The molecule has 1 fully saturated rings. The fourth-order valence-corrected chi connectivity index (χ4v) is 3.70. The molecule has 1 saturated carbocycles. The van der Waals surface area contributed by atoms with Gasteiger partial charge in [-0.3, -0.25) is 4.79 Å². The molecular weight excluding hydrogens is 356 g/mol. The number of nitrogen functional groups attached to an aromatic ring is 1. The van der Waals surface area contributed by atoms with Gasteiger partial charge in [-0.25, -0.2) is 9.78 Å². The van der Waals surface area contributed by atoms with E-state index in [4.69, 9.17) is 11.1 Å². The zero-order valence-corrected chi connectivity index (χ0v) is 16.7. The van der Waals surface area contributed by atoms with E-state index in [2.05, 4.69) is 21.6 Å². The van der Waals surface area contributed by atoms with Crippen molar-refractivity contribution in [1.82, 2.24) is 4.98 Å². The van der Waals surface area contributed by atoms with Crippen molar-refractivity contribution >= 4 is 29.1 Å². The molecule has 7 nitrogen and oxygen atoms in total. The van der Waals surface area contributed by atoms with Crippen LogP contribution in [-0.4, -0.2) is 29.7 Å². The maximum Gasteiger partial charge on any atom is 0.339 e. The number of aromatic nitrogens is 1. The molecule has 0 aromatic carbocycles. The van der Waals surface area contributed by atoms with Crippen molar-refractivity contribution in [2.75, 3.05) is 18.2 Å². The van der Waals surface area contributed by atoms with Gasteiger partial charge in [-0.2, -0.15) is 0 Å². The molecule has 7 heteroatoms. The summed E-state index contributed by atoms with van der Waals surface area (Å²) >= 11 is 0. The second-order valence-corrected chi connectivity index (χ2v) is 7.48. The van der Waals surface area contributed by atoms with Gasteiger partial charge in [0, 0.05) is 17.8 Å². The van der Waals surface area contributed by atoms with Crippen molar-refractivity contribution in [3.63, 3.8) is 0 Å². The number of hydrogen-bond acceptors (Lipinski definition) is 6. The largest absolute Gasteiger partial charge is 0.465 e. The molecule has 2 rings (SSSR count). The summed E-state index contributed by atoms with van der Waals surface area (Å²) in [4.78, 5) is 28.3. The van der Waals surface area contributed by atoms with Crippen LogP contribution in [0.4, 0.5) is 11.5 Å². The number of carbonyl (C=O) groups excluding carboxylic acids is 2. The summed E-state index contributed by atoms with van der Waals surface area (Å²) in [5.74, 6) is 0.290. The number of ether oxygens (including phenoxy) is 1. The van der Waals surface area contributed by atoms with Crippen molar-refractivity contribution in [2.45, 2.75) is 45.4 Å². The summed E-state index contributed by atoms with van der Waals surface area (Å²) in [6.07, 6.45) is 8.87. The lowest BCUT2D eigenvalue weighted by Crippen LogP contribution is -2.30. The lowest BCUT2D eigenvalue weighted by atomic mass is 9.74. The number of anilines is 2. The Labute approximate surface area is 166 Å². The van der Waals surface area contributed by atoms with E-state index in [0.717, 1.165) is 38.5 Å². The first-order valence-corrected chi connectivity index (χ1v) is 9.70. The van der Waals surface area contributed by atoms with E-state index in [1.807, 2.05) is 6.92 Å². The highest BCUT2D eigenvalue weighted by atomic mass is 16.5. The van der Waals surface area contributed by atoms with E-state index < -0.39 is 5.97 Å². The number of methoxy groups -OCH3 is 1. The summed E-state index contributed by atoms with van der Waals surface area (Å²) in [7, 11) is 1.29. The number of esters is 1. The van der Waals surface area contributed by atoms with Crippen LogP contribution < -0.4 is 11.1 Å². The van der Waals surface area contributed by atoms with Gasteiger partial charge >= 0.3 is 5.97 Å². The smallest absolute Gasteiger partial charge is 0.339 e. The van der Waals surface area contributed by atoms with Gasteiger partial charge in [0.2, 0.25) is 5.91 Å². The van der Waals surface area contributed by atoms with E-state index in [-0.39, 0.29) is 23.2 Å². The van der Waals surface area contributed by atoms with Crippen LogP contribution in [0, 0.1) is 23.2 Å². The van der Waals surface area contributed by atoms with Gasteiger partial charge in [0.15, 0.2) is 0 Å². The number of amides is 1. The van der Waals surface area contributed by atoms with Crippen LogP contribution >= 0.6 is 0 Å². The minimum absolute atomic E-state index is 0.118. The maximum atomic E-state index is 12.7. The van der Waals surface area contributed by atoms with Crippen LogP contribution in [0.1, 0.15) is 55.8 Å². The standard InChI is InChI=1S/C21H30N4O3/c1-4-17(22)10-7-14-5-8-15(9-6-14)13(2)20(26)25-18-11-16(21(27)28-3)12-24-19(18)23/h4,11-15,22H,1,5-10H2,2-3H3,(H2,23,24)(H,25,26)/t13-,14-,15+/m1/s1.